The highest BCUT2D eigenvalue weighted by Gasteiger charge is 2.17. The first-order chi connectivity index (χ1) is 9.85. The number of carbonyl (C=O) groups is 2. The maximum absolute atomic E-state index is 11.5. The molecular weight excluding hydrogens is 276 g/mol. The summed E-state index contributed by atoms with van der Waals surface area (Å²) in [5, 5.41) is 20.2. The summed E-state index contributed by atoms with van der Waals surface area (Å²) in [6, 6.07) is 4.43. The number of nitrogens with one attached hydrogen (secondary N) is 1. The van der Waals surface area contributed by atoms with Gasteiger partial charge in [0.2, 0.25) is 0 Å². The van der Waals surface area contributed by atoms with Gasteiger partial charge in [-0.2, -0.15) is 0 Å². The summed E-state index contributed by atoms with van der Waals surface area (Å²) in [5.74, 6) is 0.382. The highest BCUT2D eigenvalue weighted by Crippen LogP contribution is 2.25. The standard InChI is InChI=1S/C14H20N2O5/c1-9-8-10(21-14(20)16(2)3)4-5-11(9)12(6-7-17)15-13(18)19/h4-5,8,12,15,17H,6-7H2,1-3H3,(H,18,19)/t12-/m0/s1. The molecule has 1 atom stereocenters. The van der Waals surface area contributed by atoms with Crippen molar-refractivity contribution in [1.82, 2.24) is 10.2 Å². The first kappa shape index (κ1) is 16.8. The molecule has 7 heteroatoms. The Morgan fingerprint density at radius 3 is 2.52 bits per heavy atom. The van der Waals surface area contributed by atoms with Crippen LogP contribution in [0.4, 0.5) is 9.59 Å². The van der Waals surface area contributed by atoms with Crippen LogP contribution in [0, 0.1) is 6.92 Å². The predicted molar refractivity (Wildman–Crippen MR) is 76.5 cm³/mol. The van der Waals surface area contributed by atoms with Gasteiger partial charge in [-0.3, -0.25) is 0 Å². The second kappa shape index (κ2) is 7.49. The van der Waals surface area contributed by atoms with Gasteiger partial charge in [-0.1, -0.05) is 6.07 Å². The van der Waals surface area contributed by atoms with Crippen LogP contribution < -0.4 is 10.1 Å². The molecule has 1 aromatic rings. The number of nitrogens with zero attached hydrogens (tertiary/aromatic N) is 1. The minimum absolute atomic E-state index is 0.137. The molecule has 0 saturated heterocycles. The van der Waals surface area contributed by atoms with Crippen LogP contribution >= 0.6 is 0 Å². The molecule has 0 aliphatic heterocycles. The Hall–Kier alpha value is -2.28. The molecule has 1 rings (SSSR count). The topological polar surface area (TPSA) is 99.1 Å². The Bertz CT molecular complexity index is 516. The lowest BCUT2D eigenvalue weighted by atomic mass is 9.99. The van der Waals surface area contributed by atoms with Crippen LogP contribution in [0.1, 0.15) is 23.6 Å². The van der Waals surface area contributed by atoms with Crippen molar-refractivity contribution < 1.29 is 24.5 Å². The van der Waals surface area contributed by atoms with Crippen LogP contribution in [0.5, 0.6) is 5.75 Å². The predicted octanol–water partition coefficient (Wildman–Crippen LogP) is 1.75. The van der Waals surface area contributed by atoms with Crippen molar-refractivity contribution in [2.45, 2.75) is 19.4 Å². The number of aliphatic hydroxyl groups is 1. The van der Waals surface area contributed by atoms with Crippen molar-refractivity contribution in [2.24, 2.45) is 0 Å². The van der Waals surface area contributed by atoms with Gasteiger partial charge < -0.3 is 25.2 Å². The van der Waals surface area contributed by atoms with Crippen LogP contribution in [-0.4, -0.2) is 48.0 Å². The monoisotopic (exact) mass is 296 g/mol. The molecule has 2 amide bonds. The molecule has 0 aliphatic carbocycles. The van der Waals surface area contributed by atoms with Crippen molar-refractivity contribution in [1.29, 1.82) is 0 Å². The fraction of sp³-hybridized carbons (Fsp3) is 0.429. The number of ether oxygens (including phenoxy) is 1. The molecule has 0 spiro atoms. The quantitative estimate of drug-likeness (QED) is 0.768. The smallest absolute Gasteiger partial charge is 0.414 e. The average Bonchev–Trinajstić information content (AvgIpc) is 2.37. The zero-order valence-corrected chi connectivity index (χ0v) is 12.3. The normalized spacial score (nSPS) is 11.6. The molecule has 0 bridgehead atoms. The average molecular weight is 296 g/mol. The summed E-state index contributed by atoms with van der Waals surface area (Å²) in [5.41, 5.74) is 1.50. The Morgan fingerprint density at radius 2 is 2.05 bits per heavy atom. The molecule has 0 aromatic heterocycles. The number of carbonyl (C=O) groups excluding carboxylic acids is 1. The van der Waals surface area contributed by atoms with Crippen molar-refractivity contribution in [3.05, 3.63) is 29.3 Å². The number of aliphatic hydroxyl groups excluding tert-OH is 1. The fourth-order valence-corrected chi connectivity index (χ4v) is 1.88. The van der Waals surface area contributed by atoms with Crippen molar-refractivity contribution in [3.8, 4) is 5.75 Å². The van der Waals surface area contributed by atoms with Gasteiger partial charge in [0.05, 0.1) is 6.04 Å². The SMILES string of the molecule is Cc1cc(OC(=O)N(C)C)ccc1[C@H](CCO)NC(=O)O. The van der Waals surface area contributed by atoms with Gasteiger partial charge in [0.25, 0.3) is 0 Å². The van der Waals surface area contributed by atoms with E-state index in [1.165, 1.54) is 4.90 Å². The van der Waals surface area contributed by atoms with Crippen LogP contribution in [0.25, 0.3) is 0 Å². The summed E-state index contributed by atoms with van der Waals surface area (Å²) in [7, 11) is 3.16. The molecule has 1 aromatic carbocycles. The first-order valence-electron chi connectivity index (χ1n) is 6.45. The summed E-state index contributed by atoms with van der Waals surface area (Å²) in [6.45, 7) is 1.65. The third-order valence-electron chi connectivity index (χ3n) is 2.90. The number of hydrogen-bond acceptors (Lipinski definition) is 4. The van der Waals surface area contributed by atoms with Crippen molar-refractivity contribution in [2.75, 3.05) is 20.7 Å². The molecule has 21 heavy (non-hydrogen) atoms. The summed E-state index contributed by atoms with van der Waals surface area (Å²) in [4.78, 5) is 23.6. The molecule has 7 nitrogen and oxygen atoms in total. The minimum atomic E-state index is -1.16. The van der Waals surface area contributed by atoms with Crippen LogP contribution in [0.2, 0.25) is 0 Å². The number of rotatable bonds is 5. The van der Waals surface area contributed by atoms with Crippen LogP contribution in [0.3, 0.4) is 0 Å². The molecule has 0 saturated carbocycles. The van der Waals surface area contributed by atoms with Crippen molar-refractivity contribution >= 4 is 12.2 Å². The van der Waals surface area contributed by atoms with E-state index in [2.05, 4.69) is 5.32 Å². The number of benzene rings is 1. The van der Waals surface area contributed by atoms with E-state index in [0.29, 0.717) is 5.75 Å². The highest BCUT2D eigenvalue weighted by molar-refractivity contribution is 5.70. The summed E-state index contributed by atoms with van der Waals surface area (Å²) >= 11 is 0. The molecule has 3 N–H and O–H groups in total. The van der Waals surface area contributed by atoms with Gasteiger partial charge >= 0.3 is 12.2 Å². The van der Waals surface area contributed by atoms with Gasteiger partial charge in [0.15, 0.2) is 0 Å². The lowest BCUT2D eigenvalue weighted by Gasteiger charge is -2.19. The zero-order chi connectivity index (χ0) is 16.0. The number of amides is 2. The van der Waals surface area contributed by atoms with E-state index in [9.17, 15) is 9.59 Å². The summed E-state index contributed by atoms with van der Waals surface area (Å²) in [6.07, 6.45) is -1.38. The third-order valence-corrected chi connectivity index (χ3v) is 2.90. The molecule has 0 aliphatic rings. The fourth-order valence-electron chi connectivity index (χ4n) is 1.88. The van der Waals surface area contributed by atoms with Crippen molar-refractivity contribution in [3.63, 3.8) is 0 Å². The molecule has 0 fully saturated rings. The second-order valence-corrected chi connectivity index (χ2v) is 4.80. The molecule has 116 valence electrons. The number of aryl methyl sites for hydroxylation is 1. The first-order valence-corrected chi connectivity index (χ1v) is 6.45. The maximum atomic E-state index is 11.5. The Balaban J connectivity index is 2.94. The van der Waals surface area contributed by atoms with E-state index in [0.717, 1.165) is 11.1 Å². The van der Waals surface area contributed by atoms with Gasteiger partial charge in [-0.15, -0.1) is 0 Å². The number of carboxylic acid groups (broad SMARTS) is 1. The third kappa shape index (κ3) is 4.96. The molecule has 0 unspecified atom stereocenters. The van der Waals surface area contributed by atoms with E-state index in [-0.39, 0.29) is 13.0 Å². The Labute approximate surface area is 123 Å². The van der Waals surface area contributed by atoms with Crippen LogP contribution in [0.15, 0.2) is 18.2 Å². The highest BCUT2D eigenvalue weighted by atomic mass is 16.6. The van der Waals surface area contributed by atoms with E-state index < -0.39 is 18.2 Å². The minimum Gasteiger partial charge on any atom is -0.465 e. The van der Waals surface area contributed by atoms with E-state index in [1.54, 1.807) is 39.2 Å². The van der Waals surface area contributed by atoms with E-state index in [4.69, 9.17) is 14.9 Å². The van der Waals surface area contributed by atoms with E-state index >= 15 is 0 Å². The van der Waals surface area contributed by atoms with Crippen LogP contribution in [-0.2, 0) is 0 Å². The lowest BCUT2D eigenvalue weighted by Crippen LogP contribution is -2.28. The molecular formula is C14H20N2O5. The Kier molecular flexibility index (Phi) is 5.98. The molecule has 0 heterocycles. The van der Waals surface area contributed by atoms with Gasteiger partial charge in [0.1, 0.15) is 5.75 Å². The number of hydrogen-bond donors (Lipinski definition) is 3. The largest absolute Gasteiger partial charge is 0.465 e. The van der Waals surface area contributed by atoms with E-state index in [1.807, 2.05) is 0 Å². The molecule has 0 radical (unpaired) electrons. The lowest BCUT2D eigenvalue weighted by molar-refractivity contribution is 0.172. The maximum Gasteiger partial charge on any atom is 0.414 e. The Morgan fingerprint density at radius 1 is 1.38 bits per heavy atom. The zero-order valence-electron chi connectivity index (χ0n) is 12.3. The van der Waals surface area contributed by atoms with Gasteiger partial charge in [-0.05, 0) is 36.6 Å². The van der Waals surface area contributed by atoms with Gasteiger partial charge in [-0.25, -0.2) is 9.59 Å². The summed E-state index contributed by atoms with van der Waals surface area (Å²) < 4.78 is 5.13. The second-order valence-electron chi connectivity index (χ2n) is 4.80. The van der Waals surface area contributed by atoms with Gasteiger partial charge in [0, 0.05) is 20.7 Å².